The van der Waals surface area contributed by atoms with Crippen molar-refractivity contribution >= 4 is 50.5 Å². The molecule has 2 aromatic carbocycles. The second kappa shape index (κ2) is 6.11. The van der Waals surface area contributed by atoms with Gasteiger partial charge in [-0.3, -0.25) is 0 Å². The molecule has 3 aromatic rings. The fraction of sp³-hybridized carbons (Fsp3) is 0.176. The van der Waals surface area contributed by atoms with Crippen molar-refractivity contribution in [2.24, 2.45) is 5.16 Å². The number of hydrogen-bond donors (Lipinski definition) is 0. The van der Waals surface area contributed by atoms with Crippen LogP contribution in [0.1, 0.15) is 17.0 Å². The van der Waals surface area contributed by atoms with Gasteiger partial charge in [0.1, 0.15) is 10.7 Å². The predicted octanol–water partition coefficient (Wildman–Crippen LogP) is 6.19. The summed E-state index contributed by atoms with van der Waals surface area (Å²) in [4.78, 5) is 9.34. The van der Waals surface area contributed by atoms with Crippen molar-refractivity contribution in [1.82, 2.24) is 4.98 Å². The number of para-hydroxylation sites is 1. The average molecular weight is 417 g/mol. The zero-order chi connectivity index (χ0) is 18.5. The predicted molar refractivity (Wildman–Crippen MR) is 96.1 cm³/mol. The molecule has 2 heterocycles. The highest BCUT2D eigenvalue weighted by atomic mass is 35.5. The maximum Gasteiger partial charge on any atom is 0.435 e. The molecule has 1 aromatic heterocycles. The highest BCUT2D eigenvalue weighted by Crippen LogP contribution is 2.50. The van der Waals surface area contributed by atoms with Crippen LogP contribution in [0.25, 0.3) is 10.2 Å². The van der Waals surface area contributed by atoms with E-state index in [0.717, 1.165) is 4.70 Å². The van der Waals surface area contributed by atoms with Gasteiger partial charge in [-0.15, -0.1) is 11.3 Å². The van der Waals surface area contributed by atoms with Crippen molar-refractivity contribution in [3.05, 3.63) is 63.1 Å². The minimum atomic E-state index is -4.72. The minimum Gasteiger partial charge on any atom is -0.374 e. The lowest BCUT2D eigenvalue weighted by molar-refractivity contribution is -0.275. The van der Waals surface area contributed by atoms with Crippen molar-refractivity contribution in [3.63, 3.8) is 0 Å². The van der Waals surface area contributed by atoms with Crippen molar-refractivity contribution < 1.29 is 18.0 Å². The summed E-state index contributed by atoms with van der Waals surface area (Å²) >= 11 is 13.1. The van der Waals surface area contributed by atoms with Crippen LogP contribution >= 0.6 is 34.5 Å². The molecule has 0 radical (unpaired) electrons. The molecule has 1 aliphatic heterocycles. The number of fused-ring (bicyclic) bond motifs is 1. The van der Waals surface area contributed by atoms with E-state index in [1.807, 2.05) is 18.2 Å². The Balaban J connectivity index is 1.77. The van der Waals surface area contributed by atoms with Crippen LogP contribution in [0.3, 0.4) is 0 Å². The normalized spacial score (nSPS) is 20.3. The molecule has 1 aliphatic rings. The SMILES string of the molecule is FC(F)(F)C1(c2cc(Cl)cc(Cl)c2)CC(c2nc3ccccc3s2)=NO1. The van der Waals surface area contributed by atoms with Crippen LogP contribution in [0.5, 0.6) is 0 Å². The lowest BCUT2D eigenvalue weighted by Gasteiger charge is -2.29. The zero-order valence-electron chi connectivity index (χ0n) is 12.8. The highest BCUT2D eigenvalue weighted by Gasteiger charge is 2.62. The van der Waals surface area contributed by atoms with Crippen LogP contribution in [-0.2, 0) is 10.4 Å². The Morgan fingerprint density at radius 1 is 1.08 bits per heavy atom. The Hall–Kier alpha value is -1.83. The van der Waals surface area contributed by atoms with Crippen molar-refractivity contribution in [1.29, 1.82) is 0 Å². The Morgan fingerprint density at radius 3 is 2.42 bits per heavy atom. The minimum absolute atomic E-state index is 0.0909. The molecule has 26 heavy (non-hydrogen) atoms. The molecule has 0 fully saturated rings. The van der Waals surface area contributed by atoms with Gasteiger partial charge < -0.3 is 4.84 Å². The van der Waals surface area contributed by atoms with Crippen LogP contribution in [0.15, 0.2) is 47.6 Å². The first-order valence-corrected chi connectivity index (χ1v) is 9.00. The molecule has 0 N–H and O–H groups in total. The first kappa shape index (κ1) is 17.6. The van der Waals surface area contributed by atoms with Crippen molar-refractivity contribution in [2.45, 2.75) is 18.2 Å². The second-order valence-electron chi connectivity index (χ2n) is 5.78. The number of benzene rings is 2. The third-order valence-corrected chi connectivity index (χ3v) is 5.58. The summed E-state index contributed by atoms with van der Waals surface area (Å²) in [6, 6.07) is 11.0. The number of thiazole rings is 1. The summed E-state index contributed by atoms with van der Waals surface area (Å²) < 4.78 is 42.7. The van der Waals surface area contributed by atoms with E-state index in [-0.39, 0.29) is 21.3 Å². The van der Waals surface area contributed by atoms with Gasteiger partial charge in [0.25, 0.3) is 5.60 Å². The molecule has 4 rings (SSSR count). The monoisotopic (exact) mass is 416 g/mol. The number of rotatable bonds is 2. The molecule has 134 valence electrons. The van der Waals surface area contributed by atoms with Crippen molar-refractivity contribution in [2.75, 3.05) is 0 Å². The standard InChI is InChI=1S/C17H9Cl2F3N2OS/c18-10-5-9(6-11(19)7-10)16(17(20,21)22)8-13(24-25-16)15-23-12-3-1-2-4-14(12)26-15/h1-7H,8H2. The van der Waals surface area contributed by atoms with E-state index in [1.165, 1.54) is 29.5 Å². The molecule has 9 heteroatoms. The molecule has 0 spiro atoms. The highest BCUT2D eigenvalue weighted by molar-refractivity contribution is 7.20. The van der Waals surface area contributed by atoms with Crippen molar-refractivity contribution in [3.8, 4) is 0 Å². The molecule has 0 amide bonds. The van der Waals surface area contributed by atoms with E-state index in [1.54, 1.807) is 6.07 Å². The second-order valence-corrected chi connectivity index (χ2v) is 7.68. The fourth-order valence-corrected chi connectivity index (χ4v) is 4.27. The molecule has 3 nitrogen and oxygen atoms in total. The zero-order valence-corrected chi connectivity index (χ0v) is 15.2. The van der Waals surface area contributed by atoms with Gasteiger partial charge in [-0.25, -0.2) is 4.98 Å². The number of oxime groups is 1. The van der Waals surface area contributed by atoms with E-state index in [0.29, 0.717) is 10.5 Å². The Morgan fingerprint density at radius 2 is 1.77 bits per heavy atom. The van der Waals surface area contributed by atoms with Gasteiger partial charge in [0.15, 0.2) is 0 Å². The van der Waals surface area contributed by atoms with Gasteiger partial charge in [0, 0.05) is 15.6 Å². The number of hydrogen-bond acceptors (Lipinski definition) is 4. The molecular weight excluding hydrogens is 408 g/mol. The molecule has 0 saturated carbocycles. The molecule has 0 saturated heterocycles. The molecule has 0 aliphatic carbocycles. The maximum atomic E-state index is 14.0. The van der Waals surface area contributed by atoms with Crippen LogP contribution in [-0.4, -0.2) is 16.9 Å². The van der Waals surface area contributed by atoms with Gasteiger partial charge in [-0.2, -0.15) is 13.2 Å². The average Bonchev–Trinajstić information content (AvgIpc) is 3.18. The summed E-state index contributed by atoms with van der Waals surface area (Å²) in [6.45, 7) is 0. The maximum absolute atomic E-state index is 14.0. The van der Waals surface area contributed by atoms with Gasteiger partial charge in [0.2, 0.25) is 0 Å². The van der Waals surface area contributed by atoms with E-state index >= 15 is 0 Å². The number of aromatic nitrogens is 1. The summed E-state index contributed by atoms with van der Waals surface area (Å²) in [7, 11) is 0. The lowest BCUT2D eigenvalue weighted by atomic mass is 9.88. The van der Waals surface area contributed by atoms with Crippen LogP contribution in [0, 0.1) is 0 Å². The third-order valence-electron chi connectivity index (χ3n) is 4.06. The van der Waals surface area contributed by atoms with Gasteiger partial charge >= 0.3 is 6.18 Å². The quantitative estimate of drug-likeness (QED) is 0.499. The molecule has 0 bridgehead atoms. The summed E-state index contributed by atoms with van der Waals surface area (Å²) in [5.41, 5.74) is -2.00. The van der Waals surface area contributed by atoms with E-state index in [2.05, 4.69) is 10.1 Å². The topological polar surface area (TPSA) is 34.5 Å². The lowest BCUT2D eigenvalue weighted by Crippen LogP contribution is -2.42. The van der Waals surface area contributed by atoms with Crippen LogP contribution < -0.4 is 0 Å². The molecule has 1 atom stereocenters. The largest absolute Gasteiger partial charge is 0.435 e. The van der Waals surface area contributed by atoms with E-state index < -0.39 is 18.2 Å². The summed E-state index contributed by atoms with van der Waals surface area (Å²) in [5, 5.41) is 4.29. The Bertz CT molecular complexity index is 981. The summed E-state index contributed by atoms with van der Waals surface area (Å²) in [5.74, 6) is 0. The van der Waals surface area contributed by atoms with Crippen LogP contribution in [0.2, 0.25) is 10.0 Å². The first-order chi connectivity index (χ1) is 12.3. The van der Waals surface area contributed by atoms with Gasteiger partial charge in [-0.1, -0.05) is 40.5 Å². The van der Waals surface area contributed by atoms with E-state index in [9.17, 15) is 13.2 Å². The molecule has 1 unspecified atom stereocenters. The number of halogens is 5. The molecular formula is C17H9Cl2F3N2OS. The smallest absolute Gasteiger partial charge is 0.374 e. The van der Waals surface area contributed by atoms with Gasteiger partial charge in [0.05, 0.1) is 16.6 Å². The first-order valence-electron chi connectivity index (χ1n) is 7.43. The van der Waals surface area contributed by atoms with Crippen LogP contribution in [0.4, 0.5) is 13.2 Å². The van der Waals surface area contributed by atoms with Gasteiger partial charge in [-0.05, 0) is 30.3 Å². The summed E-state index contributed by atoms with van der Waals surface area (Å²) in [6.07, 6.45) is -5.23. The Kier molecular flexibility index (Phi) is 4.13. The fourth-order valence-electron chi connectivity index (χ4n) is 2.80. The number of nitrogens with zero attached hydrogens (tertiary/aromatic N) is 2. The number of alkyl halides is 3. The third kappa shape index (κ3) is 2.84. The Labute approximate surface area is 160 Å². The van der Waals surface area contributed by atoms with E-state index in [4.69, 9.17) is 28.0 Å².